The predicted octanol–water partition coefficient (Wildman–Crippen LogP) is 2.43. The van der Waals surface area contributed by atoms with E-state index in [0.717, 1.165) is 19.3 Å². The van der Waals surface area contributed by atoms with Crippen molar-refractivity contribution in [3.8, 4) is 0 Å². The summed E-state index contributed by atoms with van der Waals surface area (Å²) in [5.41, 5.74) is 0.339. The molecule has 1 saturated carbocycles. The van der Waals surface area contributed by atoms with Gasteiger partial charge in [0, 0.05) is 18.3 Å². The van der Waals surface area contributed by atoms with Crippen LogP contribution in [0.4, 0.5) is 17.5 Å². The van der Waals surface area contributed by atoms with Crippen molar-refractivity contribution >= 4 is 29.2 Å². The summed E-state index contributed by atoms with van der Waals surface area (Å²) in [7, 11) is 1.70. The zero-order valence-electron chi connectivity index (χ0n) is 11.8. The molecule has 110 valence electrons. The van der Waals surface area contributed by atoms with E-state index in [4.69, 9.17) is 0 Å². The van der Waals surface area contributed by atoms with Crippen molar-refractivity contribution in [2.75, 3.05) is 23.9 Å². The van der Waals surface area contributed by atoms with Crippen LogP contribution >= 0.6 is 11.8 Å². The normalized spacial score (nSPS) is 21.8. The van der Waals surface area contributed by atoms with Crippen molar-refractivity contribution in [2.45, 2.75) is 37.5 Å². The quantitative estimate of drug-likeness (QED) is 0.636. The Bertz CT molecular complexity index is 511. The van der Waals surface area contributed by atoms with Crippen LogP contribution in [0.15, 0.2) is 0 Å². The Kier molecular flexibility index (Phi) is 4.64. The molecule has 8 heteroatoms. The molecule has 0 radical (unpaired) electrons. The molecular weight excluding hydrogens is 278 g/mol. The fourth-order valence-corrected chi connectivity index (χ4v) is 3.48. The van der Waals surface area contributed by atoms with Gasteiger partial charge in [-0.25, -0.2) is 4.98 Å². The summed E-state index contributed by atoms with van der Waals surface area (Å²) in [4.78, 5) is 19.1. The fraction of sp³-hybridized carbons (Fsp3) is 0.667. The number of nitrogens with zero attached hydrogens (tertiary/aromatic N) is 3. The van der Waals surface area contributed by atoms with E-state index in [0.29, 0.717) is 22.7 Å². The summed E-state index contributed by atoms with van der Waals surface area (Å²) >= 11 is 1.80. The van der Waals surface area contributed by atoms with Gasteiger partial charge in [0.1, 0.15) is 5.69 Å². The summed E-state index contributed by atoms with van der Waals surface area (Å²) in [6.45, 7) is 1.63. The summed E-state index contributed by atoms with van der Waals surface area (Å²) in [6.07, 6.45) is 5.36. The number of rotatable bonds is 5. The first-order valence-electron chi connectivity index (χ1n) is 6.57. The molecule has 1 aliphatic carbocycles. The molecule has 1 heterocycles. The van der Waals surface area contributed by atoms with Crippen molar-refractivity contribution in [3.05, 3.63) is 15.8 Å². The van der Waals surface area contributed by atoms with Gasteiger partial charge in [-0.15, -0.1) is 0 Å². The maximum atomic E-state index is 11.2. The van der Waals surface area contributed by atoms with Crippen molar-refractivity contribution in [3.63, 3.8) is 0 Å². The van der Waals surface area contributed by atoms with Gasteiger partial charge in [-0.05, 0) is 26.0 Å². The van der Waals surface area contributed by atoms with Crippen molar-refractivity contribution in [1.82, 2.24) is 9.97 Å². The van der Waals surface area contributed by atoms with Gasteiger partial charge < -0.3 is 10.6 Å². The molecule has 1 aliphatic rings. The average Bonchev–Trinajstić information content (AvgIpc) is 2.84. The Morgan fingerprint density at radius 3 is 2.75 bits per heavy atom. The lowest BCUT2D eigenvalue weighted by atomic mass is 10.2. The molecule has 0 aromatic carbocycles. The zero-order valence-corrected chi connectivity index (χ0v) is 12.7. The molecule has 0 saturated heterocycles. The second-order valence-electron chi connectivity index (χ2n) is 4.79. The van der Waals surface area contributed by atoms with Gasteiger partial charge >= 0.3 is 5.69 Å². The highest BCUT2D eigenvalue weighted by atomic mass is 32.2. The molecule has 1 aromatic rings. The van der Waals surface area contributed by atoms with E-state index in [-0.39, 0.29) is 11.7 Å². The Morgan fingerprint density at radius 1 is 1.40 bits per heavy atom. The van der Waals surface area contributed by atoms with Crippen LogP contribution in [0.3, 0.4) is 0 Å². The molecule has 0 bridgehead atoms. The Morgan fingerprint density at radius 2 is 2.15 bits per heavy atom. The van der Waals surface area contributed by atoms with Gasteiger partial charge in [-0.2, -0.15) is 16.7 Å². The molecule has 2 unspecified atom stereocenters. The molecule has 20 heavy (non-hydrogen) atoms. The van der Waals surface area contributed by atoms with Gasteiger partial charge in [0.15, 0.2) is 0 Å². The second kappa shape index (κ2) is 6.25. The fourth-order valence-electron chi connectivity index (χ4n) is 2.55. The van der Waals surface area contributed by atoms with Crippen molar-refractivity contribution in [1.29, 1.82) is 0 Å². The lowest BCUT2D eigenvalue weighted by Crippen LogP contribution is -2.27. The number of aryl methyl sites for hydroxylation is 1. The summed E-state index contributed by atoms with van der Waals surface area (Å²) in [6, 6.07) is 0.225. The van der Waals surface area contributed by atoms with Gasteiger partial charge in [0.2, 0.25) is 11.8 Å². The van der Waals surface area contributed by atoms with Crippen LogP contribution in [-0.4, -0.2) is 39.5 Å². The third-order valence-electron chi connectivity index (χ3n) is 3.54. The Hall–Kier alpha value is -1.57. The smallest absolute Gasteiger partial charge is 0.332 e. The summed E-state index contributed by atoms with van der Waals surface area (Å²) < 4.78 is 0. The highest BCUT2D eigenvalue weighted by molar-refractivity contribution is 7.99. The SMILES string of the molecule is CNc1nc(C)c([N+](=O)[O-])c(NC2CCCC2SC)n1. The maximum absolute atomic E-state index is 11.2. The molecule has 1 aromatic heterocycles. The van der Waals surface area contributed by atoms with Crippen molar-refractivity contribution < 1.29 is 4.92 Å². The molecule has 0 aliphatic heterocycles. The molecule has 1 fully saturated rings. The number of nitrogens with one attached hydrogen (secondary N) is 2. The van der Waals surface area contributed by atoms with Crippen LogP contribution in [0.25, 0.3) is 0 Å². The minimum absolute atomic E-state index is 0.0317. The largest absolute Gasteiger partial charge is 0.360 e. The molecular formula is C12H19N5O2S. The first-order chi connectivity index (χ1) is 9.56. The molecule has 0 spiro atoms. The Balaban J connectivity index is 2.33. The van der Waals surface area contributed by atoms with Crippen LogP contribution in [0.1, 0.15) is 25.0 Å². The van der Waals surface area contributed by atoms with Gasteiger partial charge in [0.25, 0.3) is 0 Å². The van der Waals surface area contributed by atoms with Crippen LogP contribution in [0.5, 0.6) is 0 Å². The van der Waals surface area contributed by atoms with Crippen LogP contribution in [-0.2, 0) is 0 Å². The number of nitro groups is 1. The summed E-state index contributed by atoms with van der Waals surface area (Å²) in [5.74, 6) is 0.715. The lowest BCUT2D eigenvalue weighted by Gasteiger charge is -2.20. The first kappa shape index (κ1) is 14.8. The van der Waals surface area contributed by atoms with E-state index < -0.39 is 4.92 Å². The van der Waals surface area contributed by atoms with Gasteiger partial charge in [-0.3, -0.25) is 10.1 Å². The molecule has 2 rings (SSSR count). The zero-order chi connectivity index (χ0) is 14.7. The highest BCUT2D eigenvalue weighted by Gasteiger charge is 2.30. The number of anilines is 2. The van der Waals surface area contributed by atoms with E-state index >= 15 is 0 Å². The van der Waals surface area contributed by atoms with E-state index in [1.165, 1.54) is 0 Å². The molecule has 0 amide bonds. The van der Waals surface area contributed by atoms with Gasteiger partial charge in [0.05, 0.1) is 4.92 Å². The number of aromatic nitrogens is 2. The highest BCUT2D eigenvalue weighted by Crippen LogP contribution is 2.34. The topological polar surface area (TPSA) is 93.0 Å². The van der Waals surface area contributed by atoms with E-state index in [1.807, 2.05) is 0 Å². The standard InChI is InChI=1S/C12H19N5O2S/c1-7-10(17(18)19)11(16-12(13-2)14-7)15-8-5-4-6-9(8)20-3/h8-9H,4-6H2,1-3H3,(H2,13,14,15,16). The Labute approximate surface area is 122 Å². The van der Waals surface area contributed by atoms with E-state index in [9.17, 15) is 10.1 Å². The molecule has 2 N–H and O–H groups in total. The van der Waals surface area contributed by atoms with Crippen LogP contribution in [0, 0.1) is 17.0 Å². The third-order valence-corrected chi connectivity index (χ3v) is 4.71. The van der Waals surface area contributed by atoms with E-state index in [1.54, 1.807) is 25.7 Å². The predicted molar refractivity (Wildman–Crippen MR) is 81.5 cm³/mol. The number of hydrogen-bond donors (Lipinski definition) is 2. The van der Waals surface area contributed by atoms with Crippen molar-refractivity contribution in [2.24, 2.45) is 0 Å². The van der Waals surface area contributed by atoms with Crippen LogP contribution in [0.2, 0.25) is 0 Å². The first-order valence-corrected chi connectivity index (χ1v) is 7.85. The second-order valence-corrected chi connectivity index (χ2v) is 5.87. The number of thioether (sulfide) groups is 1. The maximum Gasteiger partial charge on any atom is 0.332 e. The van der Waals surface area contributed by atoms with Gasteiger partial charge in [-0.1, -0.05) is 6.42 Å². The number of hydrogen-bond acceptors (Lipinski definition) is 7. The summed E-state index contributed by atoms with van der Waals surface area (Å²) in [5, 5.41) is 17.8. The lowest BCUT2D eigenvalue weighted by molar-refractivity contribution is -0.385. The monoisotopic (exact) mass is 297 g/mol. The van der Waals surface area contributed by atoms with Crippen LogP contribution < -0.4 is 10.6 Å². The molecule has 7 nitrogen and oxygen atoms in total. The molecule has 2 atom stereocenters. The third kappa shape index (κ3) is 2.95. The average molecular weight is 297 g/mol. The minimum atomic E-state index is -0.417. The van der Waals surface area contributed by atoms with E-state index in [2.05, 4.69) is 26.9 Å². The minimum Gasteiger partial charge on any atom is -0.360 e.